The molecule has 0 aliphatic carbocycles. The van der Waals surface area contributed by atoms with Crippen LogP contribution in [-0.4, -0.2) is 22.5 Å². The van der Waals surface area contributed by atoms with Gasteiger partial charge in [0.1, 0.15) is 5.82 Å². The van der Waals surface area contributed by atoms with Crippen LogP contribution >= 0.6 is 0 Å². The molecule has 5 nitrogen and oxygen atoms in total. The lowest BCUT2D eigenvalue weighted by Crippen LogP contribution is -2.34. The molecule has 3 rings (SSSR count). The van der Waals surface area contributed by atoms with E-state index in [4.69, 9.17) is 5.73 Å². The predicted molar refractivity (Wildman–Crippen MR) is 73.1 cm³/mol. The van der Waals surface area contributed by atoms with Gasteiger partial charge in [0.2, 0.25) is 0 Å². The number of pyridine rings is 2. The summed E-state index contributed by atoms with van der Waals surface area (Å²) in [4.78, 5) is 20.4. The molecule has 0 bridgehead atoms. The third-order valence-corrected chi connectivity index (χ3v) is 3.47. The molecule has 0 aromatic carbocycles. The number of amides is 2. The van der Waals surface area contributed by atoms with Crippen LogP contribution in [0.2, 0.25) is 0 Å². The lowest BCUT2D eigenvalue weighted by atomic mass is 10.1. The van der Waals surface area contributed by atoms with Crippen molar-refractivity contribution in [2.75, 3.05) is 11.4 Å². The zero-order valence-corrected chi connectivity index (χ0v) is 11.3. The summed E-state index contributed by atoms with van der Waals surface area (Å²) in [6.07, 6.45) is -0.350. The molecule has 0 unspecified atom stereocenters. The first kappa shape index (κ1) is 14.3. The average molecular weight is 308 g/mol. The van der Waals surface area contributed by atoms with Crippen molar-refractivity contribution in [1.82, 2.24) is 9.97 Å². The lowest BCUT2D eigenvalue weighted by Gasteiger charge is -2.13. The Kier molecular flexibility index (Phi) is 3.23. The molecule has 0 saturated carbocycles. The summed E-state index contributed by atoms with van der Waals surface area (Å²) in [6.45, 7) is 0.419. The monoisotopic (exact) mass is 308 g/mol. The van der Waals surface area contributed by atoms with Crippen molar-refractivity contribution in [2.45, 2.75) is 12.6 Å². The van der Waals surface area contributed by atoms with Crippen molar-refractivity contribution < 1.29 is 18.0 Å². The number of nitrogens with zero attached hydrogens (tertiary/aromatic N) is 3. The van der Waals surface area contributed by atoms with E-state index in [-0.39, 0.29) is 0 Å². The first-order valence-electron chi connectivity index (χ1n) is 6.45. The van der Waals surface area contributed by atoms with Crippen LogP contribution in [0.15, 0.2) is 30.7 Å². The molecule has 0 spiro atoms. The fourth-order valence-corrected chi connectivity index (χ4v) is 2.39. The molecule has 0 fully saturated rings. The van der Waals surface area contributed by atoms with Crippen LogP contribution in [0.1, 0.15) is 11.1 Å². The Bertz CT molecular complexity index is 745. The minimum atomic E-state index is -4.45. The van der Waals surface area contributed by atoms with Crippen LogP contribution in [0.3, 0.4) is 0 Å². The second-order valence-electron chi connectivity index (χ2n) is 4.91. The van der Waals surface area contributed by atoms with Crippen molar-refractivity contribution in [3.05, 3.63) is 41.9 Å². The van der Waals surface area contributed by atoms with Crippen LogP contribution in [0.25, 0.3) is 11.1 Å². The Morgan fingerprint density at radius 1 is 1.18 bits per heavy atom. The van der Waals surface area contributed by atoms with E-state index in [1.54, 1.807) is 6.07 Å². The molecule has 1 aliphatic rings. The highest BCUT2D eigenvalue weighted by molar-refractivity contribution is 5.92. The summed E-state index contributed by atoms with van der Waals surface area (Å²) in [5.41, 5.74) is 6.04. The molecule has 8 heteroatoms. The SMILES string of the molecule is NC(=O)N1CCc2cc(-c3cncc(C(F)(F)F)c3)cnc21. The molecule has 2 aromatic rings. The number of fused-ring (bicyclic) bond motifs is 1. The van der Waals surface area contributed by atoms with E-state index in [0.29, 0.717) is 29.9 Å². The van der Waals surface area contributed by atoms with Crippen LogP contribution in [0.4, 0.5) is 23.8 Å². The third-order valence-electron chi connectivity index (χ3n) is 3.47. The fraction of sp³-hybridized carbons (Fsp3) is 0.214. The molecule has 2 N–H and O–H groups in total. The molecular formula is C14H11F3N4O. The third kappa shape index (κ3) is 2.47. The molecule has 2 aromatic heterocycles. The van der Waals surface area contributed by atoms with Crippen molar-refractivity contribution >= 4 is 11.8 Å². The largest absolute Gasteiger partial charge is 0.417 e. The number of anilines is 1. The van der Waals surface area contributed by atoms with E-state index in [2.05, 4.69) is 9.97 Å². The highest BCUT2D eigenvalue weighted by atomic mass is 19.4. The van der Waals surface area contributed by atoms with Crippen LogP contribution in [0.5, 0.6) is 0 Å². The van der Waals surface area contributed by atoms with E-state index in [1.165, 1.54) is 17.3 Å². The van der Waals surface area contributed by atoms with Gasteiger partial charge in [-0.25, -0.2) is 9.78 Å². The van der Waals surface area contributed by atoms with Gasteiger partial charge in [-0.3, -0.25) is 9.88 Å². The number of nitrogens with two attached hydrogens (primary N) is 1. The molecule has 3 heterocycles. The lowest BCUT2D eigenvalue weighted by molar-refractivity contribution is -0.137. The number of halogens is 3. The zero-order chi connectivity index (χ0) is 15.9. The molecule has 0 radical (unpaired) electrons. The van der Waals surface area contributed by atoms with Gasteiger partial charge in [-0.2, -0.15) is 13.2 Å². The summed E-state index contributed by atoms with van der Waals surface area (Å²) in [5.74, 6) is 0.455. The maximum absolute atomic E-state index is 12.7. The quantitative estimate of drug-likeness (QED) is 0.880. The smallest absolute Gasteiger partial charge is 0.351 e. The molecular weight excluding hydrogens is 297 g/mol. The number of aromatic nitrogens is 2. The number of alkyl halides is 3. The topological polar surface area (TPSA) is 72.1 Å². The number of primary amides is 1. The van der Waals surface area contributed by atoms with E-state index >= 15 is 0 Å². The van der Waals surface area contributed by atoms with Crippen LogP contribution < -0.4 is 10.6 Å². The van der Waals surface area contributed by atoms with Gasteiger partial charge in [-0.1, -0.05) is 0 Å². The number of hydrogen-bond donors (Lipinski definition) is 1. The van der Waals surface area contributed by atoms with Gasteiger partial charge in [0, 0.05) is 36.3 Å². The van der Waals surface area contributed by atoms with Gasteiger partial charge in [-0.05, 0) is 24.1 Å². The van der Waals surface area contributed by atoms with E-state index in [9.17, 15) is 18.0 Å². The van der Waals surface area contributed by atoms with Gasteiger partial charge >= 0.3 is 12.2 Å². The second kappa shape index (κ2) is 4.97. The molecule has 1 aliphatic heterocycles. The highest BCUT2D eigenvalue weighted by Gasteiger charge is 2.31. The van der Waals surface area contributed by atoms with Crippen LogP contribution in [-0.2, 0) is 12.6 Å². The summed E-state index contributed by atoms with van der Waals surface area (Å²) in [6, 6.07) is 2.14. The van der Waals surface area contributed by atoms with Gasteiger partial charge in [0.25, 0.3) is 0 Å². The number of hydrogen-bond acceptors (Lipinski definition) is 3. The van der Waals surface area contributed by atoms with Crippen LogP contribution in [0, 0.1) is 0 Å². The molecule has 0 saturated heterocycles. The van der Waals surface area contributed by atoms with E-state index < -0.39 is 17.8 Å². The summed E-state index contributed by atoms with van der Waals surface area (Å²) >= 11 is 0. The fourth-order valence-electron chi connectivity index (χ4n) is 2.39. The van der Waals surface area contributed by atoms with E-state index in [0.717, 1.165) is 17.8 Å². The van der Waals surface area contributed by atoms with Gasteiger partial charge in [0.05, 0.1) is 5.56 Å². The second-order valence-corrected chi connectivity index (χ2v) is 4.91. The maximum Gasteiger partial charge on any atom is 0.417 e. The zero-order valence-electron chi connectivity index (χ0n) is 11.3. The molecule has 22 heavy (non-hydrogen) atoms. The van der Waals surface area contributed by atoms with Crippen molar-refractivity contribution in [3.8, 4) is 11.1 Å². The Morgan fingerprint density at radius 2 is 1.91 bits per heavy atom. The minimum absolute atomic E-state index is 0.322. The first-order chi connectivity index (χ1) is 10.4. The average Bonchev–Trinajstić information content (AvgIpc) is 2.89. The molecule has 114 valence electrons. The Morgan fingerprint density at radius 3 is 2.59 bits per heavy atom. The Labute approximate surface area is 123 Å². The molecule has 2 amide bonds. The Hall–Kier alpha value is -2.64. The van der Waals surface area contributed by atoms with Crippen molar-refractivity contribution in [1.29, 1.82) is 0 Å². The maximum atomic E-state index is 12.7. The number of urea groups is 1. The van der Waals surface area contributed by atoms with Crippen molar-refractivity contribution in [2.24, 2.45) is 5.73 Å². The predicted octanol–water partition coefficient (Wildman–Crippen LogP) is 2.60. The number of carbonyl (C=O) groups is 1. The summed E-state index contributed by atoms with van der Waals surface area (Å²) < 4.78 is 38.2. The highest BCUT2D eigenvalue weighted by Crippen LogP contribution is 2.33. The summed E-state index contributed by atoms with van der Waals surface area (Å²) in [5, 5.41) is 0. The first-order valence-corrected chi connectivity index (χ1v) is 6.45. The van der Waals surface area contributed by atoms with Crippen molar-refractivity contribution in [3.63, 3.8) is 0 Å². The van der Waals surface area contributed by atoms with Gasteiger partial charge in [-0.15, -0.1) is 0 Å². The standard InChI is InChI=1S/C14H11F3N4O/c15-14(16,17)11-4-10(5-19-7-11)9-3-8-1-2-21(13(18)22)12(8)20-6-9/h3-7H,1-2H2,(H2,18,22). The normalized spacial score (nSPS) is 14.0. The number of rotatable bonds is 1. The van der Waals surface area contributed by atoms with Gasteiger partial charge in [0.15, 0.2) is 0 Å². The molecule has 0 atom stereocenters. The van der Waals surface area contributed by atoms with Gasteiger partial charge < -0.3 is 5.73 Å². The number of carbonyl (C=O) groups excluding carboxylic acids is 1. The Balaban J connectivity index is 1.99. The minimum Gasteiger partial charge on any atom is -0.351 e. The summed E-state index contributed by atoms with van der Waals surface area (Å²) in [7, 11) is 0. The van der Waals surface area contributed by atoms with E-state index in [1.807, 2.05) is 0 Å².